The Labute approximate surface area is 691 Å². The van der Waals surface area contributed by atoms with Crippen molar-refractivity contribution in [3.05, 3.63) is 134 Å². The van der Waals surface area contributed by atoms with Crippen LogP contribution in [0.5, 0.6) is 0 Å². The van der Waals surface area contributed by atoms with E-state index in [0.717, 1.165) is 29.4 Å². The first kappa shape index (κ1) is 91.8. The molecule has 0 saturated carbocycles. The second kappa shape index (κ2) is 40.1. The van der Waals surface area contributed by atoms with Gasteiger partial charge >= 0.3 is 15.2 Å². The zero-order valence-corrected chi connectivity index (χ0v) is 70.9. The van der Waals surface area contributed by atoms with Gasteiger partial charge in [-0.05, 0) is 121 Å². The molecule has 0 amide bonds. The average Bonchev–Trinajstić information content (AvgIpc) is 1.59. The molecule has 612 valence electrons. The van der Waals surface area contributed by atoms with E-state index in [1.54, 1.807) is 12.3 Å². The number of hydrogen-bond acceptors (Lipinski definition) is 25. The molecule has 0 aliphatic carbocycles. The van der Waals surface area contributed by atoms with Gasteiger partial charge in [0.15, 0.2) is 87.9 Å². The Balaban J connectivity index is 0.000000166. The Kier molecular flexibility index (Phi) is 32.9. The molecule has 4 aliphatic rings. The van der Waals surface area contributed by atoms with Crippen molar-refractivity contribution in [2.45, 2.75) is 139 Å². The van der Waals surface area contributed by atoms with Gasteiger partial charge in [-0.3, -0.25) is 32.0 Å². The maximum atomic E-state index is 15.0. The first-order valence-electron chi connectivity index (χ1n) is 33.0. The number of benzene rings is 2. The normalized spacial score (nSPS) is 25.6. The number of halogens is 15. The van der Waals surface area contributed by atoms with Gasteiger partial charge in [-0.15, -0.1) is 0 Å². The molecule has 0 spiro atoms. The van der Waals surface area contributed by atoms with Crippen LogP contribution in [0.4, 0.5) is 29.2 Å². The zero-order chi connectivity index (χ0) is 82.1. The summed E-state index contributed by atoms with van der Waals surface area (Å²) in [5.74, 6) is -8.16. The highest BCUT2D eigenvalue weighted by Gasteiger charge is 2.49. The number of ether oxygens (including phenoxy) is 4. The number of aliphatic hydroxyl groups excluding tert-OH is 3. The molecule has 32 nitrogen and oxygen atoms in total. The van der Waals surface area contributed by atoms with Gasteiger partial charge in [-0.25, -0.2) is 42.5 Å². The minimum atomic E-state index is -4.85. The smallest absolute Gasteiger partial charge is 0.340 e. The van der Waals surface area contributed by atoms with Crippen molar-refractivity contribution in [1.82, 2.24) is 73.5 Å². The van der Waals surface area contributed by atoms with Crippen LogP contribution in [0.2, 0.25) is 31.4 Å². The van der Waals surface area contributed by atoms with Gasteiger partial charge in [-0.2, -0.15) is 29.9 Å². The van der Waals surface area contributed by atoms with Crippen LogP contribution in [0.1, 0.15) is 70.3 Å². The summed E-state index contributed by atoms with van der Waals surface area (Å²) in [4.78, 5) is 74.9. The SMILES string of the molecule is CC[C@H]1O[C@@H](n2cnc3c(Cl)nc(Cl)nc32)[C@@H](F)[C@@H]1C.CC[C@H]1O[C@H](Br)[C@@H](F)[C@@H]1C.Clc1nc(Cl)c2cc[nH]c2n1.O=P(Cl)(Cl)CP(=O)(Cl)Cl.O=P(O)(O)CP(=O)(O)OC[C@H]1O[C@@H](n2cnc3c(NCc4ccccc4)nc(Cl)nc32)[C@@H](F)[C@@H]1O.OC[C@H]1O[C@@H](n2cnc3c(NCc4ccccc4)nc(Cl)nc32)[C@@H](F)[C@@H]1O. The van der Waals surface area contributed by atoms with Crippen LogP contribution in [-0.4, -0.2) is 195 Å². The number of hydrogen-bond donors (Lipinski definition) is 9. The number of aromatic amines is 1. The highest BCUT2D eigenvalue weighted by molar-refractivity contribution is 9.09. The van der Waals surface area contributed by atoms with Crippen molar-refractivity contribution in [3.8, 4) is 0 Å². The number of anilines is 2. The minimum Gasteiger partial charge on any atom is -0.394 e. The standard InChI is InChI=1S/C18H21ClFN5O8P2.C17H17ClFN5O3.C12H13Cl2FN4O.C7H12BrFO.C6H3Cl2N3.CH2Cl4O2P2/c19-18-23-15(21-6-10-4-2-1-3-5-10)13-16(24-18)25(8-22-13)17-12(20)14(26)11(33-17)7-32-35(30,31)9-34(27,28)29;18-17-22-14(20-6-9-4-2-1-3-5-9)12-15(23-17)24(8-21-12)16-11(19)13(26)10(7-25)27-16;1-3-6-5(2)7(15)11(20-6)19-4-16-8-9(13)17-12(14)18-10(8)19;1-3-5-4(2)6(9)7(8)10-5;7-4-3-1-2-9-5(3)11-6(8)10-4;2-8(3,6)1-9(4,5)7/h1-5,8,11-12,14,17,26H,6-7,9H2,(H,30,31)(H,21,23,24)(H2,27,28,29);1-5,8,10-11,13,16,25-26H,6-7H2,(H,20,22,23);4-7,11H,3H2,1-2H3;4-7H,3H2,1-2H3;1-2H,(H,9,10,11);1H2/t11-,12+,14-,17-;10-,11+,13-,16-;5-,6-,7+,11-;4-,5-,6+,7+;;/m1111../s1. The van der Waals surface area contributed by atoms with Gasteiger partial charge in [-0.1, -0.05) is 127 Å². The lowest BCUT2D eigenvalue weighted by Crippen LogP contribution is -2.31. The van der Waals surface area contributed by atoms with Gasteiger partial charge in [0.1, 0.15) is 57.8 Å². The first-order valence-corrected chi connectivity index (χ1v) is 47.2. The number of aromatic nitrogens is 15. The number of imidazole rings is 3. The van der Waals surface area contributed by atoms with E-state index in [1.807, 2.05) is 88.4 Å². The summed E-state index contributed by atoms with van der Waals surface area (Å²) in [5.41, 5.74) is 4.46. The Morgan fingerprint density at radius 3 is 1.37 bits per heavy atom. The Hall–Kier alpha value is -4.11. The first-order chi connectivity index (χ1) is 52.7. The largest absolute Gasteiger partial charge is 0.394 e. The van der Waals surface area contributed by atoms with Gasteiger partial charge in [0.05, 0.1) is 49.8 Å². The molecule has 14 rings (SSSR count). The zero-order valence-electron chi connectivity index (χ0n) is 58.1. The third kappa shape index (κ3) is 24.3. The highest BCUT2D eigenvalue weighted by Crippen LogP contribution is 2.72. The maximum Gasteiger partial charge on any atom is 0.340 e. The summed E-state index contributed by atoms with van der Waals surface area (Å²) < 4.78 is 131. The maximum absolute atomic E-state index is 15.0. The highest BCUT2D eigenvalue weighted by atomic mass is 79.9. The summed E-state index contributed by atoms with van der Waals surface area (Å²) in [7, 11) is -9.57. The van der Waals surface area contributed by atoms with Gasteiger partial charge in [0, 0.05) is 31.1 Å². The summed E-state index contributed by atoms with van der Waals surface area (Å²) in [5, 5.41) is 36.5. The molecule has 0 bridgehead atoms. The molecular formula is C61H68BrCl10F4N17O15P4. The van der Waals surface area contributed by atoms with E-state index in [4.69, 9.17) is 143 Å². The van der Waals surface area contributed by atoms with Gasteiger partial charge < -0.3 is 69.1 Å². The van der Waals surface area contributed by atoms with Crippen LogP contribution in [0.3, 0.4) is 0 Å². The summed E-state index contributed by atoms with van der Waals surface area (Å²) in [6, 6.07) is 20.9. The Morgan fingerprint density at radius 2 is 0.946 bits per heavy atom. The summed E-state index contributed by atoms with van der Waals surface area (Å²) in [6.45, 7) is 7.31. The topological polar surface area (TPSA) is 432 Å². The van der Waals surface area contributed by atoms with Crippen molar-refractivity contribution in [2.24, 2.45) is 11.8 Å². The molecule has 1 unspecified atom stereocenters. The number of nitrogens with zero attached hydrogens (tertiary/aromatic N) is 14. The molecule has 4 aliphatic heterocycles. The van der Waals surface area contributed by atoms with Crippen LogP contribution >= 0.6 is 157 Å². The van der Waals surface area contributed by atoms with Crippen molar-refractivity contribution in [1.29, 1.82) is 0 Å². The molecule has 12 heterocycles. The number of nitrogens with one attached hydrogen (secondary N) is 3. The Morgan fingerprint density at radius 1 is 0.536 bits per heavy atom. The Bertz CT molecular complexity index is 5010. The van der Waals surface area contributed by atoms with E-state index < -0.39 is 120 Å². The van der Waals surface area contributed by atoms with E-state index in [2.05, 4.69) is 90.9 Å². The molecule has 17 atom stereocenters. The second-order valence-corrected chi connectivity index (χ2v) is 42.8. The van der Waals surface area contributed by atoms with Crippen molar-refractivity contribution in [3.63, 3.8) is 0 Å². The molecule has 0 radical (unpaired) electrons. The quantitative estimate of drug-likeness (QED) is 0.0119. The lowest BCUT2D eigenvalue weighted by atomic mass is 10.00. The average molecular weight is 1910 g/mol. The van der Waals surface area contributed by atoms with Crippen molar-refractivity contribution < 1.29 is 89.3 Å². The molecule has 51 heteroatoms. The number of rotatable bonds is 19. The second-order valence-electron chi connectivity index (χ2n) is 24.9. The minimum absolute atomic E-state index is 0.00209. The van der Waals surface area contributed by atoms with Crippen LogP contribution in [-0.2, 0) is 54.8 Å². The monoisotopic (exact) mass is 1910 g/mol. The van der Waals surface area contributed by atoms with Crippen LogP contribution in [0.15, 0.2) is 91.9 Å². The fraction of sp³-hybridized carbons (Fsp3) is 0.459. The van der Waals surface area contributed by atoms with Gasteiger partial charge in [0.25, 0.3) is 11.7 Å². The number of aliphatic hydroxyl groups is 3. The van der Waals surface area contributed by atoms with E-state index in [9.17, 15) is 56.0 Å². The van der Waals surface area contributed by atoms with E-state index >= 15 is 0 Å². The fourth-order valence-corrected chi connectivity index (χ4v) is 24.9. The molecule has 10 aromatic rings. The van der Waals surface area contributed by atoms with Crippen LogP contribution < -0.4 is 10.6 Å². The molecule has 4 saturated heterocycles. The summed E-state index contributed by atoms with van der Waals surface area (Å²) >= 11 is 58.3. The van der Waals surface area contributed by atoms with Crippen molar-refractivity contribution >= 4 is 214 Å². The lowest BCUT2D eigenvalue weighted by molar-refractivity contribution is -0.0459. The number of fused-ring (bicyclic) bond motifs is 4. The van der Waals surface area contributed by atoms with E-state index in [-0.39, 0.29) is 78.0 Å². The lowest BCUT2D eigenvalue weighted by Gasteiger charge is -2.18. The molecular weight excluding hydrogens is 1850 g/mol. The number of alkyl halides is 5. The predicted octanol–water partition coefficient (Wildman–Crippen LogP) is 16.2. The van der Waals surface area contributed by atoms with Crippen LogP contribution in [0, 0.1) is 11.8 Å². The summed E-state index contributed by atoms with van der Waals surface area (Å²) in [6.07, 6.45) is -7.38. The van der Waals surface area contributed by atoms with Crippen LogP contribution in [0.25, 0.3) is 44.5 Å². The van der Waals surface area contributed by atoms with E-state index in [0.29, 0.717) is 46.4 Å². The molecule has 112 heavy (non-hydrogen) atoms. The third-order valence-electron chi connectivity index (χ3n) is 16.9. The van der Waals surface area contributed by atoms with Gasteiger partial charge in [0.2, 0.25) is 21.1 Å². The van der Waals surface area contributed by atoms with Crippen molar-refractivity contribution in [2.75, 3.05) is 35.7 Å². The molecule has 4 fully saturated rings. The third-order valence-corrected chi connectivity index (χ3v) is 28.8. The predicted molar refractivity (Wildman–Crippen MR) is 421 cm³/mol. The van der Waals surface area contributed by atoms with E-state index in [1.165, 1.54) is 32.7 Å². The molecule has 9 N–H and O–H groups in total. The molecule has 8 aromatic heterocycles. The number of H-pyrrole nitrogens is 1. The molecule has 2 aromatic carbocycles. The fourth-order valence-electron chi connectivity index (χ4n) is 11.5.